The second kappa shape index (κ2) is 8.11. The lowest BCUT2D eigenvalue weighted by molar-refractivity contribution is 0.0117. The quantitative estimate of drug-likeness (QED) is 0.888. The average molecular weight is 323 g/mol. The second-order valence-corrected chi connectivity index (χ2v) is 6.43. The van der Waals surface area contributed by atoms with Gasteiger partial charge in [0.1, 0.15) is 0 Å². The van der Waals surface area contributed by atoms with Gasteiger partial charge in [0.25, 0.3) is 5.91 Å². The Balaban J connectivity index is 1.63. The van der Waals surface area contributed by atoms with E-state index in [2.05, 4.69) is 23.5 Å². The van der Waals surface area contributed by atoms with Crippen LogP contribution in [0, 0.1) is 6.92 Å². The molecule has 3 heteroatoms. The van der Waals surface area contributed by atoms with Crippen molar-refractivity contribution in [2.24, 2.45) is 0 Å². The van der Waals surface area contributed by atoms with E-state index in [1.54, 1.807) is 0 Å². The van der Waals surface area contributed by atoms with Gasteiger partial charge in [-0.1, -0.05) is 42.5 Å². The summed E-state index contributed by atoms with van der Waals surface area (Å²) >= 11 is 0. The van der Waals surface area contributed by atoms with Gasteiger partial charge in [-0.05, 0) is 55.4 Å². The van der Waals surface area contributed by atoms with Gasteiger partial charge >= 0.3 is 0 Å². The third-order valence-corrected chi connectivity index (χ3v) is 4.62. The molecule has 0 aliphatic carbocycles. The monoisotopic (exact) mass is 323 g/mol. The Hall–Kier alpha value is -2.13. The van der Waals surface area contributed by atoms with Crippen molar-refractivity contribution in [1.82, 2.24) is 5.32 Å². The number of amides is 1. The lowest BCUT2D eigenvalue weighted by Gasteiger charge is -2.22. The van der Waals surface area contributed by atoms with Crippen LogP contribution >= 0.6 is 0 Å². The normalized spacial score (nSPS) is 17.5. The van der Waals surface area contributed by atoms with Crippen LogP contribution < -0.4 is 5.32 Å². The molecule has 1 heterocycles. The summed E-state index contributed by atoms with van der Waals surface area (Å²) < 4.78 is 5.71. The number of benzene rings is 2. The molecule has 1 saturated heterocycles. The van der Waals surface area contributed by atoms with Crippen molar-refractivity contribution >= 4 is 5.91 Å². The highest BCUT2D eigenvalue weighted by atomic mass is 16.5. The molecular weight excluding hydrogens is 298 g/mol. The fourth-order valence-electron chi connectivity index (χ4n) is 3.15. The third-order valence-electron chi connectivity index (χ3n) is 4.62. The number of aryl methyl sites for hydroxylation is 1. The van der Waals surface area contributed by atoms with Crippen molar-refractivity contribution in [1.29, 1.82) is 0 Å². The van der Waals surface area contributed by atoms with E-state index >= 15 is 0 Å². The first-order chi connectivity index (χ1) is 11.7. The summed E-state index contributed by atoms with van der Waals surface area (Å²) in [5.41, 5.74) is 3.95. The number of hydrogen-bond donors (Lipinski definition) is 1. The number of rotatable bonds is 5. The van der Waals surface area contributed by atoms with Gasteiger partial charge in [-0.3, -0.25) is 4.79 Å². The SMILES string of the molecule is Cc1ccc(-c2ccccc2)cc1C(=O)NCCC1CCCCO1. The summed E-state index contributed by atoms with van der Waals surface area (Å²) in [6.45, 7) is 3.50. The Morgan fingerprint density at radius 2 is 1.96 bits per heavy atom. The predicted molar refractivity (Wildman–Crippen MR) is 97.2 cm³/mol. The van der Waals surface area contributed by atoms with Crippen LogP contribution in [0.2, 0.25) is 0 Å². The molecule has 126 valence electrons. The van der Waals surface area contributed by atoms with Gasteiger partial charge in [-0.2, -0.15) is 0 Å². The molecule has 1 aliphatic rings. The molecule has 0 spiro atoms. The summed E-state index contributed by atoms with van der Waals surface area (Å²) in [5, 5.41) is 3.05. The zero-order chi connectivity index (χ0) is 16.8. The first-order valence-electron chi connectivity index (χ1n) is 8.80. The highest BCUT2D eigenvalue weighted by molar-refractivity contribution is 5.96. The van der Waals surface area contributed by atoms with Crippen LogP contribution in [0.15, 0.2) is 48.5 Å². The van der Waals surface area contributed by atoms with Crippen LogP contribution in [-0.4, -0.2) is 25.2 Å². The summed E-state index contributed by atoms with van der Waals surface area (Å²) in [7, 11) is 0. The summed E-state index contributed by atoms with van der Waals surface area (Å²) in [5.74, 6) is 0.00101. The predicted octanol–water partition coefficient (Wildman–Crippen LogP) is 4.35. The Morgan fingerprint density at radius 1 is 1.12 bits per heavy atom. The van der Waals surface area contributed by atoms with Crippen LogP contribution in [0.4, 0.5) is 0 Å². The highest BCUT2D eigenvalue weighted by Crippen LogP contribution is 2.22. The topological polar surface area (TPSA) is 38.3 Å². The summed E-state index contributed by atoms with van der Waals surface area (Å²) in [4.78, 5) is 12.5. The molecular formula is C21H25NO2. The van der Waals surface area contributed by atoms with Crippen molar-refractivity contribution in [3.8, 4) is 11.1 Å². The van der Waals surface area contributed by atoms with Crippen LogP contribution in [0.3, 0.4) is 0 Å². The standard InChI is InChI=1S/C21H25NO2/c1-16-10-11-18(17-7-3-2-4-8-17)15-20(16)21(23)22-13-12-19-9-5-6-14-24-19/h2-4,7-8,10-11,15,19H,5-6,9,12-14H2,1H3,(H,22,23). The van der Waals surface area contributed by atoms with Crippen LogP contribution in [0.5, 0.6) is 0 Å². The number of carbonyl (C=O) groups is 1. The van der Waals surface area contributed by atoms with Crippen molar-refractivity contribution in [2.45, 2.75) is 38.7 Å². The van der Waals surface area contributed by atoms with Gasteiger partial charge in [0.2, 0.25) is 0 Å². The zero-order valence-electron chi connectivity index (χ0n) is 14.3. The van der Waals surface area contributed by atoms with Gasteiger partial charge in [-0.25, -0.2) is 0 Å². The van der Waals surface area contributed by atoms with E-state index in [4.69, 9.17) is 4.74 Å². The Labute approximate surface area is 144 Å². The second-order valence-electron chi connectivity index (χ2n) is 6.43. The molecule has 0 saturated carbocycles. The molecule has 2 aromatic carbocycles. The molecule has 3 rings (SSSR count). The molecule has 2 aromatic rings. The Morgan fingerprint density at radius 3 is 2.71 bits per heavy atom. The number of ether oxygens (including phenoxy) is 1. The molecule has 1 atom stereocenters. The van der Waals surface area contributed by atoms with Crippen LogP contribution in [0.25, 0.3) is 11.1 Å². The number of carbonyl (C=O) groups excluding carboxylic acids is 1. The molecule has 0 bridgehead atoms. The molecule has 3 nitrogen and oxygen atoms in total. The first-order valence-corrected chi connectivity index (χ1v) is 8.80. The van der Waals surface area contributed by atoms with E-state index in [1.165, 1.54) is 6.42 Å². The minimum atomic E-state index is 0.00101. The summed E-state index contributed by atoms with van der Waals surface area (Å²) in [6, 6.07) is 16.2. The average Bonchev–Trinajstić information content (AvgIpc) is 2.63. The van der Waals surface area contributed by atoms with Crippen molar-refractivity contribution in [3.63, 3.8) is 0 Å². The minimum absolute atomic E-state index is 0.00101. The first kappa shape index (κ1) is 16.7. The lowest BCUT2D eigenvalue weighted by Crippen LogP contribution is -2.29. The zero-order valence-corrected chi connectivity index (χ0v) is 14.3. The van der Waals surface area contributed by atoms with Crippen molar-refractivity contribution in [2.75, 3.05) is 13.2 Å². The third kappa shape index (κ3) is 4.24. The smallest absolute Gasteiger partial charge is 0.251 e. The van der Waals surface area contributed by atoms with Gasteiger partial charge in [0, 0.05) is 18.7 Å². The lowest BCUT2D eigenvalue weighted by atomic mass is 9.99. The van der Waals surface area contributed by atoms with Crippen molar-refractivity contribution < 1.29 is 9.53 Å². The maximum absolute atomic E-state index is 12.5. The molecule has 0 aromatic heterocycles. The van der Waals surface area contributed by atoms with E-state index in [-0.39, 0.29) is 5.91 Å². The van der Waals surface area contributed by atoms with Crippen molar-refractivity contribution in [3.05, 3.63) is 59.7 Å². The minimum Gasteiger partial charge on any atom is -0.378 e. The fraction of sp³-hybridized carbons (Fsp3) is 0.381. The maximum Gasteiger partial charge on any atom is 0.251 e. The Kier molecular flexibility index (Phi) is 5.65. The molecule has 1 N–H and O–H groups in total. The fourth-order valence-corrected chi connectivity index (χ4v) is 3.15. The van der Waals surface area contributed by atoms with Gasteiger partial charge in [0.15, 0.2) is 0 Å². The van der Waals surface area contributed by atoms with E-state index in [0.717, 1.165) is 48.1 Å². The van der Waals surface area contributed by atoms with E-state index in [9.17, 15) is 4.79 Å². The molecule has 1 aliphatic heterocycles. The molecule has 24 heavy (non-hydrogen) atoms. The summed E-state index contributed by atoms with van der Waals surface area (Å²) in [6.07, 6.45) is 4.70. The maximum atomic E-state index is 12.5. The van der Waals surface area contributed by atoms with E-state index in [1.807, 2.05) is 37.3 Å². The Bertz CT molecular complexity index is 675. The number of hydrogen-bond acceptors (Lipinski definition) is 2. The van der Waals surface area contributed by atoms with Gasteiger partial charge < -0.3 is 10.1 Å². The molecule has 1 fully saturated rings. The molecule has 0 radical (unpaired) electrons. The van der Waals surface area contributed by atoms with Crippen LogP contribution in [0.1, 0.15) is 41.6 Å². The number of nitrogens with one attached hydrogen (secondary N) is 1. The molecule has 1 unspecified atom stereocenters. The van der Waals surface area contributed by atoms with Crippen LogP contribution in [-0.2, 0) is 4.74 Å². The van der Waals surface area contributed by atoms with Gasteiger partial charge in [-0.15, -0.1) is 0 Å². The van der Waals surface area contributed by atoms with E-state index < -0.39 is 0 Å². The van der Waals surface area contributed by atoms with Gasteiger partial charge in [0.05, 0.1) is 6.10 Å². The molecule has 1 amide bonds. The highest BCUT2D eigenvalue weighted by Gasteiger charge is 2.15. The largest absolute Gasteiger partial charge is 0.378 e. The van der Waals surface area contributed by atoms with E-state index in [0.29, 0.717) is 12.6 Å².